The lowest BCUT2D eigenvalue weighted by Gasteiger charge is -2.38. The van der Waals surface area contributed by atoms with Gasteiger partial charge < -0.3 is 9.80 Å². The van der Waals surface area contributed by atoms with Crippen molar-refractivity contribution in [3.05, 3.63) is 52.0 Å². The fourth-order valence-corrected chi connectivity index (χ4v) is 4.73. The molecule has 0 N–H and O–H groups in total. The average molecular weight is 428 g/mol. The molecular weight excluding hydrogens is 401 g/mol. The van der Waals surface area contributed by atoms with E-state index in [-0.39, 0.29) is 11.7 Å². The highest BCUT2D eigenvalue weighted by Gasteiger charge is 2.25. The third-order valence-electron chi connectivity index (χ3n) is 5.86. The van der Waals surface area contributed by atoms with Gasteiger partial charge in [-0.15, -0.1) is 0 Å². The number of carbonyl (C=O) groups excluding carboxylic acids is 1. The van der Waals surface area contributed by atoms with E-state index in [9.17, 15) is 9.18 Å². The van der Waals surface area contributed by atoms with E-state index < -0.39 is 0 Å². The minimum atomic E-state index is -0.362. The third-order valence-corrected chi connectivity index (χ3v) is 6.59. The smallest absolute Gasteiger partial charge is 0.236 e. The normalized spacial score (nSPS) is 18.4. The molecule has 0 aliphatic carbocycles. The van der Waals surface area contributed by atoms with Gasteiger partial charge in [0.1, 0.15) is 5.82 Å². The number of amides is 1. The lowest BCUT2D eigenvalue weighted by atomic mass is 10.2. The predicted octanol–water partition coefficient (Wildman–Crippen LogP) is 2.23. The molecule has 4 rings (SSSR count). The van der Waals surface area contributed by atoms with Crippen LogP contribution in [0.1, 0.15) is 11.1 Å². The van der Waals surface area contributed by atoms with Gasteiger partial charge in [0.2, 0.25) is 5.91 Å². The van der Waals surface area contributed by atoms with Gasteiger partial charge in [-0.25, -0.2) is 4.39 Å². The van der Waals surface area contributed by atoms with Crippen molar-refractivity contribution in [2.45, 2.75) is 6.54 Å². The lowest BCUT2D eigenvalue weighted by Crippen LogP contribution is -2.53. The molecule has 3 heterocycles. The van der Waals surface area contributed by atoms with Crippen LogP contribution in [0.2, 0.25) is 0 Å². The summed E-state index contributed by atoms with van der Waals surface area (Å²) in [4.78, 5) is 21.2. The Hall–Kier alpha value is -2.47. The zero-order chi connectivity index (χ0) is 20.9. The Morgan fingerprint density at radius 1 is 1.03 bits per heavy atom. The van der Waals surface area contributed by atoms with E-state index in [0.29, 0.717) is 30.9 Å². The van der Waals surface area contributed by atoms with Crippen LogP contribution < -0.4 is 4.90 Å². The maximum absolute atomic E-state index is 14.3. The SMILES string of the molecule is N#Cc1ccc(N2CCN(CC(=O)N3CCN(Cc4ccsc4)CC3)CC2)c(F)c1. The number of hydrogen-bond acceptors (Lipinski definition) is 6. The number of halogens is 1. The second-order valence-corrected chi connectivity index (χ2v) is 8.61. The first-order chi connectivity index (χ1) is 14.6. The number of hydrogen-bond donors (Lipinski definition) is 0. The number of carbonyl (C=O) groups is 1. The Morgan fingerprint density at radius 2 is 1.77 bits per heavy atom. The fourth-order valence-electron chi connectivity index (χ4n) is 4.07. The summed E-state index contributed by atoms with van der Waals surface area (Å²) in [6.45, 7) is 7.55. The molecule has 0 saturated carbocycles. The molecule has 2 aromatic rings. The van der Waals surface area contributed by atoms with Gasteiger partial charge in [0.25, 0.3) is 0 Å². The molecule has 0 bridgehead atoms. The summed E-state index contributed by atoms with van der Waals surface area (Å²) in [5.74, 6) is -0.179. The molecule has 0 atom stereocenters. The molecule has 0 unspecified atom stereocenters. The summed E-state index contributed by atoms with van der Waals surface area (Å²) in [6, 6.07) is 8.72. The Bertz CT molecular complexity index is 897. The molecule has 2 aliphatic rings. The van der Waals surface area contributed by atoms with Crippen LogP contribution in [0.5, 0.6) is 0 Å². The van der Waals surface area contributed by atoms with Crippen LogP contribution in [-0.2, 0) is 11.3 Å². The molecule has 1 aromatic carbocycles. The first kappa shape index (κ1) is 20.8. The highest BCUT2D eigenvalue weighted by molar-refractivity contribution is 7.07. The van der Waals surface area contributed by atoms with Crippen LogP contribution in [0.4, 0.5) is 10.1 Å². The van der Waals surface area contributed by atoms with E-state index in [1.807, 2.05) is 15.9 Å². The monoisotopic (exact) mass is 427 g/mol. The second kappa shape index (κ2) is 9.56. The standard InChI is InChI=1S/C22H26FN5OS/c23-20-13-18(14-24)1-2-21(20)27-8-4-26(5-9-27)16-22(29)28-10-6-25(7-11-28)15-19-3-12-30-17-19/h1-3,12-13,17H,4-11,15-16H2. The first-order valence-electron chi connectivity index (χ1n) is 10.3. The molecule has 2 aliphatic heterocycles. The van der Waals surface area contributed by atoms with Gasteiger partial charge in [-0.3, -0.25) is 14.6 Å². The van der Waals surface area contributed by atoms with E-state index in [1.54, 1.807) is 23.5 Å². The Morgan fingerprint density at radius 3 is 2.40 bits per heavy atom. The van der Waals surface area contributed by atoms with Gasteiger partial charge in [0.05, 0.1) is 23.9 Å². The second-order valence-electron chi connectivity index (χ2n) is 7.83. The number of nitriles is 1. The number of piperazine rings is 2. The first-order valence-corrected chi connectivity index (χ1v) is 11.2. The molecule has 6 nitrogen and oxygen atoms in total. The van der Waals surface area contributed by atoms with Crippen molar-refractivity contribution in [1.82, 2.24) is 14.7 Å². The van der Waals surface area contributed by atoms with Crippen LogP contribution in [0.3, 0.4) is 0 Å². The summed E-state index contributed by atoms with van der Waals surface area (Å²) in [5, 5.41) is 13.2. The highest BCUT2D eigenvalue weighted by atomic mass is 32.1. The minimum Gasteiger partial charge on any atom is -0.367 e. The number of nitrogens with zero attached hydrogens (tertiary/aromatic N) is 5. The topological polar surface area (TPSA) is 53.8 Å². The molecule has 158 valence electrons. The maximum Gasteiger partial charge on any atom is 0.236 e. The zero-order valence-electron chi connectivity index (χ0n) is 17.0. The molecular formula is C22H26FN5OS. The van der Waals surface area contributed by atoms with Crippen LogP contribution in [-0.4, -0.2) is 79.5 Å². The lowest BCUT2D eigenvalue weighted by molar-refractivity contribution is -0.134. The third kappa shape index (κ3) is 4.98. The number of rotatable bonds is 5. The average Bonchev–Trinajstić information content (AvgIpc) is 3.28. The zero-order valence-corrected chi connectivity index (χ0v) is 17.8. The highest BCUT2D eigenvalue weighted by Crippen LogP contribution is 2.22. The summed E-state index contributed by atoms with van der Waals surface area (Å²) in [6.07, 6.45) is 0. The molecule has 2 saturated heterocycles. The van der Waals surface area contributed by atoms with Gasteiger partial charge in [0, 0.05) is 58.9 Å². The maximum atomic E-state index is 14.3. The fraction of sp³-hybridized carbons (Fsp3) is 0.455. The van der Waals surface area contributed by atoms with E-state index in [2.05, 4.69) is 26.6 Å². The molecule has 0 radical (unpaired) electrons. The van der Waals surface area contributed by atoms with Crippen molar-refractivity contribution in [2.75, 3.05) is 63.8 Å². The van der Waals surface area contributed by atoms with Crippen molar-refractivity contribution in [3.8, 4) is 6.07 Å². The summed E-state index contributed by atoms with van der Waals surface area (Å²) < 4.78 is 14.3. The van der Waals surface area contributed by atoms with Crippen molar-refractivity contribution >= 4 is 22.9 Å². The van der Waals surface area contributed by atoms with E-state index in [4.69, 9.17) is 5.26 Å². The molecule has 30 heavy (non-hydrogen) atoms. The number of anilines is 1. The van der Waals surface area contributed by atoms with Crippen LogP contribution >= 0.6 is 11.3 Å². The van der Waals surface area contributed by atoms with Gasteiger partial charge in [-0.05, 0) is 40.6 Å². The number of thiophene rings is 1. The van der Waals surface area contributed by atoms with Crippen LogP contribution in [0, 0.1) is 17.1 Å². The molecule has 0 spiro atoms. The summed E-state index contributed by atoms with van der Waals surface area (Å²) >= 11 is 1.72. The van der Waals surface area contributed by atoms with Crippen LogP contribution in [0.25, 0.3) is 0 Å². The van der Waals surface area contributed by atoms with Crippen LogP contribution in [0.15, 0.2) is 35.0 Å². The minimum absolute atomic E-state index is 0.184. The van der Waals surface area contributed by atoms with Gasteiger partial charge in [-0.1, -0.05) is 0 Å². The van der Waals surface area contributed by atoms with Gasteiger partial charge in [0.15, 0.2) is 0 Å². The summed E-state index contributed by atoms with van der Waals surface area (Å²) in [7, 11) is 0. The van der Waals surface area contributed by atoms with E-state index >= 15 is 0 Å². The molecule has 1 amide bonds. The Balaban J connectivity index is 1.22. The molecule has 1 aromatic heterocycles. The quantitative estimate of drug-likeness (QED) is 0.733. The van der Waals surface area contributed by atoms with Crippen molar-refractivity contribution in [1.29, 1.82) is 5.26 Å². The Labute approximate surface area is 180 Å². The van der Waals surface area contributed by atoms with Gasteiger partial charge in [-0.2, -0.15) is 16.6 Å². The molecule has 8 heteroatoms. The van der Waals surface area contributed by atoms with E-state index in [0.717, 1.165) is 45.8 Å². The van der Waals surface area contributed by atoms with Crippen molar-refractivity contribution < 1.29 is 9.18 Å². The largest absolute Gasteiger partial charge is 0.367 e. The molecule has 2 fully saturated rings. The van der Waals surface area contributed by atoms with Crippen molar-refractivity contribution in [3.63, 3.8) is 0 Å². The van der Waals surface area contributed by atoms with E-state index in [1.165, 1.54) is 11.6 Å². The Kier molecular flexibility index (Phi) is 6.62. The van der Waals surface area contributed by atoms with Gasteiger partial charge >= 0.3 is 0 Å². The predicted molar refractivity (Wildman–Crippen MR) is 116 cm³/mol. The number of benzene rings is 1. The van der Waals surface area contributed by atoms with Crippen molar-refractivity contribution in [2.24, 2.45) is 0 Å². The summed E-state index contributed by atoms with van der Waals surface area (Å²) in [5.41, 5.74) is 2.20.